The highest BCUT2D eigenvalue weighted by Crippen LogP contribution is 2.01. The topological polar surface area (TPSA) is 43.7 Å². The van der Waals surface area contributed by atoms with Gasteiger partial charge in [0.05, 0.1) is 19.3 Å². The molecule has 0 spiro atoms. The summed E-state index contributed by atoms with van der Waals surface area (Å²) < 4.78 is 23.9. The predicted octanol–water partition coefficient (Wildman–Crippen LogP) is 0.302. The first kappa shape index (κ1) is 13.2. The maximum atomic E-state index is 11.9. The zero-order valence-corrected chi connectivity index (χ0v) is 8.75. The number of aliphatic hydroxyl groups is 2. The lowest BCUT2D eigenvalue weighted by molar-refractivity contribution is 0.0527. The normalized spacial score (nSPS) is 14.1. The smallest absolute Gasteiger partial charge is 0.251 e. The van der Waals surface area contributed by atoms with Crippen LogP contribution in [0, 0.1) is 0 Å². The SMILES string of the molecule is OCCN(CC(F)F)CC(O)CBr. The Kier molecular flexibility index (Phi) is 7.74. The molecule has 6 heteroatoms. The van der Waals surface area contributed by atoms with Crippen LogP contribution in [0.5, 0.6) is 0 Å². The molecule has 0 saturated carbocycles. The number of rotatable bonds is 7. The molecule has 0 heterocycles. The molecule has 0 radical (unpaired) electrons. The van der Waals surface area contributed by atoms with Gasteiger partial charge in [0.1, 0.15) is 0 Å². The minimum absolute atomic E-state index is 0.149. The third kappa shape index (κ3) is 7.30. The Morgan fingerprint density at radius 1 is 1.31 bits per heavy atom. The molecule has 80 valence electrons. The monoisotopic (exact) mass is 261 g/mol. The Bertz CT molecular complexity index is 129. The highest BCUT2D eigenvalue weighted by atomic mass is 79.9. The molecule has 0 amide bonds. The van der Waals surface area contributed by atoms with Crippen molar-refractivity contribution in [2.24, 2.45) is 0 Å². The number of hydrogen-bond acceptors (Lipinski definition) is 3. The molecule has 1 unspecified atom stereocenters. The van der Waals surface area contributed by atoms with Crippen molar-refractivity contribution < 1.29 is 19.0 Å². The van der Waals surface area contributed by atoms with Gasteiger partial charge in [-0.25, -0.2) is 8.78 Å². The molecule has 0 aromatic rings. The summed E-state index contributed by atoms with van der Waals surface area (Å²) in [5.74, 6) is 0. The van der Waals surface area contributed by atoms with E-state index < -0.39 is 19.1 Å². The van der Waals surface area contributed by atoms with E-state index in [0.717, 1.165) is 0 Å². The maximum absolute atomic E-state index is 11.9. The molecule has 1 atom stereocenters. The van der Waals surface area contributed by atoms with Crippen LogP contribution in [0.3, 0.4) is 0 Å². The third-order valence-electron chi connectivity index (χ3n) is 1.46. The van der Waals surface area contributed by atoms with Crippen molar-refractivity contribution in [3.05, 3.63) is 0 Å². The van der Waals surface area contributed by atoms with Gasteiger partial charge in [-0.2, -0.15) is 0 Å². The lowest BCUT2D eigenvalue weighted by Crippen LogP contribution is -2.38. The largest absolute Gasteiger partial charge is 0.395 e. The fourth-order valence-corrected chi connectivity index (χ4v) is 1.15. The first-order valence-electron chi connectivity index (χ1n) is 3.95. The highest BCUT2D eigenvalue weighted by molar-refractivity contribution is 9.09. The van der Waals surface area contributed by atoms with Gasteiger partial charge < -0.3 is 10.2 Å². The van der Waals surface area contributed by atoms with E-state index >= 15 is 0 Å². The molecule has 2 N–H and O–H groups in total. The lowest BCUT2D eigenvalue weighted by Gasteiger charge is -2.22. The second kappa shape index (κ2) is 7.61. The summed E-state index contributed by atoms with van der Waals surface area (Å²) in [5.41, 5.74) is 0. The first-order chi connectivity index (χ1) is 6.10. The van der Waals surface area contributed by atoms with Crippen LogP contribution in [0.4, 0.5) is 8.78 Å². The summed E-state index contributed by atoms with van der Waals surface area (Å²) >= 11 is 3.03. The van der Waals surface area contributed by atoms with E-state index in [1.807, 2.05) is 0 Å². The molecule has 0 rings (SSSR count). The fraction of sp³-hybridized carbons (Fsp3) is 1.00. The summed E-state index contributed by atoms with van der Waals surface area (Å²) in [7, 11) is 0. The molecule has 0 aliphatic heterocycles. The first-order valence-corrected chi connectivity index (χ1v) is 5.07. The molecule has 3 nitrogen and oxygen atoms in total. The van der Waals surface area contributed by atoms with E-state index in [0.29, 0.717) is 5.33 Å². The van der Waals surface area contributed by atoms with E-state index in [-0.39, 0.29) is 19.7 Å². The van der Waals surface area contributed by atoms with Gasteiger partial charge in [-0.3, -0.25) is 4.90 Å². The van der Waals surface area contributed by atoms with Crippen molar-refractivity contribution in [3.63, 3.8) is 0 Å². The van der Waals surface area contributed by atoms with E-state index in [1.165, 1.54) is 4.90 Å². The van der Waals surface area contributed by atoms with Crippen LogP contribution in [0.25, 0.3) is 0 Å². The van der Waals surface area contributed by atoms with E-state index in [2.05, 4.69) is 15.9 Å². The number of hydrogen-bond donors (Lipinski definition) is 2. The van der Waals surface area contributed by atoms with Crippen LogP contribution in [0.15, 0.2) is 0 Å². The molecule has 0 aliphatic rings. The number of nitrogens with zero attached hydrogens (tertiary/aromatic N) is 1. The zero-order chi connectivity index (χ0) is 10.3. The van der Waals surface area contributed by atoms with E-state index in [1.54, 1.807) is 0 Å². The Labute approximate surface area is 84.5 Å². The third-order valence-corrected chi connectivity index (χ3v) is 2.21. The maximum Gasteiger partial charge on any atom is 0.251 e. The van der Waals surface area contributed by atoms with Crippen molar-refractivity contribution in [1.82, 2.24) is 4.90 Å². The minimum Gasteiger partial charge on any atom is -0.395 e. The number of halogens is 3. The second-order valence-corrected chi connectivity index (χ2v) is 3.33. The Hall–Kier alpha value is 0.220. The van der Waals surface area contributed by atoms with Crippen LogP contribution in [0.2, 0.25) is 0 Å². The quantitative estimate of drug-likeness (QED) is 0.649. The van der Waals surface area contributed by atoms with Gasteiger partial charge in [0.15, 0.2) is 0 Å². The molecular weight excluding hydrogens is 248 g/mol. The van der Waals surface area contributed by atoms with E-state index in [4.69, 9.17) is 10.2 Å². The van der Waals surface area contributed by atoms with E-state index in [9.17, 15) is 8.78 Å². The molecule has 0 aromatic carbocycles. The van der Waals surface area contributed by atoms with Crippen LogP contribution in [-0.4, -0.2) is 59.2 Å². The summed E-state index contributed by atoms with van der Waals surface area (Å²) in [6, 6.07) is 0. The summed E-state index contributed by atoms with van der Waals surface area (Å²) in [4.78, 5) is 1.33. The van der Waals surface area contributed by atoms with Gasteiger partial charge in [-0.1, -0.05) is 15.9 Å². The Morgan fingerprint density at radius 3 is 2.31 bits per heavy atom. The Morgan fingerprint density at radius 2 is 1.92 bits per heavy atom. The van der Waals surface area contributed by atoms with Gasteiger partial charge in [0.25, 0.3) is 6.43 Å². The Balaban J connectivity index is 3.78. The van der Waals surface area contributed by atoms with Crippen molar-refractivity contribution >= 4 is 15.9 Å². The number of aliphatic hydroxyl groups excluding tert-OH is 2. The average Bonchev–Trinajstić information content (AvgIpc) is 2.03. The summed E-state index contributed by atoms with van der Waals surface area (Å²) in [5, 5.41) is 18.1. The molecule has 0 aliphatic carbocycles. The van der Waals surface area contributed by atoms with Crippen molar-refractivity contribution in [3.8, 4) is 0 Å². The van der Waals surface area contributed by atoms with Gasteiger partial charge in [-0.05, 0) is 0 Å². The van der Waals surface area contributed by atoms with Crippen LogP contribution in [-0.2, 0) is 0 Å². The van der Waals surface area contributed by atoms with Crippen molar-refractivity contribution in [2.45, 2.75) is 12.5 Å². The molecule has 13 heavy (non-hydrogen) atoms. The van der Waals surface area contributed by atoms with Crippen molar-refractivity contribution in [1.29, 1.82) is 0 Å². The summed E-state index contributed by atoms with van der Waals surface area (Å²) in [6.45, 7) is -0.281. The molecule has 0 bridgehead atoms. The zero-order valence-electron chi connectivity index (χ0n) is 7.17. The lowest BCUT2D eigenvalue weighted by atomic mass is 10.3. The van der Waals surface area contributed by atoms with Crippen LogP contribution >= 0.6 is 15.9 Å². The van der Waals surface area contributed by atoms with Crippen molar-refractivity contribution in [2.75, 3.05) is 31.6 Å². The van der Waals surface area contributed by atoms with Crippen LogP contribution < -0.4 is 0 Å². The second-order valence-electron chi connectivity index (χ2n) is 2.68. The van der Waals surface area contributed by atoms with Gasteiger partial charge in [0.2, 0.25) is 0 Å². The van der Waals surface area contributed by atoms with Crippen LogP contribution in [0.1, 0.15) is 0 Å². The molecule has 0 fully saturated rings. The molecule has 0 aromatic heterocycles. The van der Waals surface area contributed by atoms with Gasteiger partial charge in [-0.15, -0.1) is 0 Å². The van der Waals surface area contributed by atoms with Gasteiger partial charge >= 0.3 is 0 Å². The molecule has 0 saturated heterocycles. The minimum atomic E-state index is -2.44. The standard InChI is InChI=1S/C7H14BrF2NO2/c8-3-6(13)4-11(1-2-12)5-7(9)10/h6-7,12-13H,1-5H2. The predicted molar refractivity (Wildman–Crippen MR) is 49.3 cm³/mol. The number of alkyl halides is 3. The highest BCUT2D eigenvalue weighted by Gasteiger charge is 2.14. The fourth-order valence-electron chi connectivity index (χ4n) is 0.941. The molecular formula is C7H14BrF2NO2. The average molecular weight is 262 g/mol. The van der Waals surface area contributed by atoms with Gasteiger partial charge in [0, 0.05) is 18.4 Å². The summed E-state index contributed by atoms with van der Waals surface area (Å²) in [6.07, 6.45) is -3.11.